The van der Waals surface area contributed by atoms with Crippen LogP contribution in [0.25, 0.3) is 11.0 Å². The summed E-state index contributed by atoms with van der Waals surface area (Å²) >= 11 is 0. The zero-order chi connectivity index (χ0) is 19.0. The predicted molar refractivity (Wildman–Crippen MR) is 110 cm³/mol. The number of aryl methyl sites for hydroxylation is 3. The number of anilines is 3. The molecule has 1 fully saturated rings. The molecule has 1 aliphatic rings. The van der Waals surface area contributed by atoms with Gasteiger partial charge < -0.3 is 15.1 Å². The van der Waals surface area contributed by atoms with Crippen LogP contribution >= 0.6 is 0 Å². The second-order valence-electron chi connectivity index (χ2n) is 7.24. The maximum atomic E-state index is 4.88. The molecule has 3 aromatic rings. The standard InChI is InChI=1S/C20H27N7/c1-5-26-8-10-27(11-9-26)20-23-18(16-13-21-25(4)19(16)24-20)22-17-7-6-14(2)12-15(17)3/h6-7,12-13H,5,8-11H2,1-4H3,(H,22,23,24). The van der Waals surface area contributed by atoms with Gasteiger partial charge in [0.1, 0.15) is 5.82 Å². The Morgan fingerprint density at radius 2 is 1.85 bits per heavy atom. The van der Waals surface area contributed by atoms with Crippen LogP contribution in [0.4, 0.5) is 17.5 Å². The number of hydrogen-bond acceptors (Lipinski definition) is 6. The molecule has 4 rings (SSSR count). The Labute approximate surface area is 160 Å². The lowest BCUT2D eigenvalue weighted by atomic mass is 10.1. The number of aromatic nitrogens is 4. The summed E-state index contributed by atoms with van der Waals surface area (Å²) in [6.45, 7) is 11.5. The van der Waals surface area contributed by atoms with Crippen molar-refractivity contribution in [1.29, 1.82) is 0 Å². The van der Waals surface area contributed by atoms with Crippen LogP contribution in [-0.2, 0) is 7.05 Å². The summed E-state index contributed by atoms with van der Waals surface area (Å²) in [7, 11) is 1.93. The lowest BCUT2D eigenvalue weighted by molar-refractivity contribution is 0.270. The van der Waals surface area contributed by atoms with Crippen molar-refractivity contribution in [2.24, 2.45) is 7.05 Å². The highest BCUT2D eigenvalue weighted by atomic mass is 15.4. The molecule has 0 atom stereocenters. The van der Waals surface area contributed by atoms with E-state index in [0.717, 1.165) is 61.2 Å². The van der Waals surface area contributed by atoms with Crippen LogP contribution < -0.4 is 10.2 Å². The van der Waals surface area contributed by atoms with Gasteiger partial charge in [0.25, 0.3) is 0 Å². The van der Waals surface area contributed by atoms with E-state index in [1.165, 1.54) is 11.1 Å². The van der Waals surface area contributed by atoms with Gasteiger partial charge >= 0.3 is 0 Å². The van der Waals surface area contributed by atoms with Gasteiger partial charge in [-0.15, -0.1) is 0 Å². The van der Waals surface area contributed by atoms with Crippen LogP contribution in [0.1, 0.15) is 18.1 Å². The molecule has 1 aliphatic heterocycles. The molecule has 0 saturated carbocycles. The van der Waals surface area contributed by atoms with Crippen molar-refractivity contribution in [2.75, 3.05) is 42.9 Å². The molecule has 0 spiro atoms. The van der Waals surface area contributed by atoms with Gasteiger partial charge in [-0.3, -0.25) is 4.68 Å². The molecule has 1 aromatic carbocycles. The fourth-order valence-corrected chi connectivity index (χ4v) is 3.59. The molecule has 0 bridgehead atoms. The minimum atomic E-state index is 0.772. The zero-order valence-electron chi connectivity index (χ0n) is 16.5. The van der Waals surface area contributed by atoms with Gasteiger partial charge in [0.2, 0.25) is 5.95 Å². The van der Waals surface area contributed by atoms with E-state index in [1.807, 2.05) is 17.9 Å². The predicted octanol–water partition coefficient (Wildman–Crippen LogP) is 2.87. The quantitative estimate of drug-likeness (QED) is 0.767. The molecule has 142 valence electrons. The largest absolute Gasteiger partial charge is 0.339 e. The minimum Gasteiger partial charge on any atom is -0.339 e. The van der Waals surface area contributed by atoms with E-state index in [1.54, 1.807) is 0 Å². The van der Waals surface area contributed by atoms with Crippen LogP contribution in [-0.4, -0.2) is 57.4 Å². The molecule has 0 unspecified atom stereocenters. The van der Waals surface area contributed by atoms with Crippen LogP contribution in [0, 0.1) is 13.8 Å². The normalized spacial score (nSPS) is 15.5. The average Bonchev–Trinajstić information content (AvgIpc) is 3.05. The van der Waals surface area contributed by atoms with Crippen molar-refractivity contribution in [2.45, 2.75) is 20.8 Å². The highest BCUT2D eigenvalue weighted by Gasteiger charge is 2.21. The number of piperazine rings is 1. The Morgan fingerprint density at radius 1 is 1.07 bits per heavy atom. The van der Waals surface area contributed by atoms with Crippen LogP contribution in [0.2, 0.25) is 0 Å². The smallest absolute Gasteiger partial charge is 0.229 e. The summed E-state index contributed by atoms with van der Waals surface area (Å²) in [5, 5.41) is 8.85. The van der Waals surface area contributed by atoms with E-state index in [9.17, 15) is 0 Å². The summed E-state index contributed by atoms with van der Waals surface area (Å²) in [5.41, 5.74) is 4.36. The molecular formula is C20H27N7. The SMILES string of the molecule is CCN1CCN(c2nc(Nc3ccc(C)cc3C)c3cnn(C)c3n2)CC1. The van der Waals surface area contributed by atoms with Gasteiger partial charge in [0, 0.05) is 38.9 Å². The Bertz CT molecular complexity index is 954. The van der Waals surface area contributed by atoms with E-state index >= 15 is 0 Å². The molecule has 27 heavy (non-hydrogen) atoms. The third kappa shape index (κ3) is 3.47. The highest BCUT2D eigenvalue weighted by Crippen LogP contribution is 2.28. The van der Waals surface area contributed by atoms with Gasteiger partial charge in [-0.1, -0.05) is 24.6 Å². The molecule has 3 heterocycles. The number of hydrogen-bond donors (Lipinski definition) is 1. The number of benzene rings is 1. The third-order valence-corrected chi connectivity index (χ3v) is 5.32. The van der Waals surface area contributed by atoms with Crippen molar-refractivity contribution >= 4 is 28.5 Å². The molecular weight excluding hydrogens is 338 g/mol. The van der Waals surface area contributed by atoms with Gasteiger partial charge in [-0.05, 0) is 32.0 Å². The fraction of sp³-hybridized carbons (Fsp3) is 0.450. The molecule has 2 aromatic heterocycles. The minimum absolute atomic E-state index is 0.772. The van der Waals surface area contributed by atoms with Crippen LogP contribution in [0.5, 0.6) is 0 Å². The summed E-state index contributed by atoms with van der Waals surface area (Å²) in [5.74, 6) is 1.59. The third-order valence-electron chi connectivity index (χ3n) is 5.32. The van der Waals surface area contributed by atoms with E-state index < -0.39 is 0 Å². The Morgan fingerprint density at radius 3 is 2.56 bits per heavy atom. The average molecular weight is 365 g/mol. The molecule has 0 radical (unpaired) electrons. The first-order valence-electron chi connectivity index (χ1n) is 9.56. The Balaban J connectivity index is 1.71. The van der Waals surface area contributed by atoms with E-state index in [0.29, 0.717) is 0 Å². The fourth-order valence-electron chi connectivity index (χ4n) is 3.59. The number of rotatable bonds is 4. The van der Waals surface area contributed by atoms with Crippen molar-refractivity contribution in [3.63, 3.8) is 0 Å². The topological polar surface area (TPSA) is 62.1 Å². The number of nitrogens with zero attached hydrogens (tertiary/aromatic N) is 6. The van der Waals surface area contributed by atoms with Crippen molar-refractivity contribution in [3.05, 3.63) is 35.5 Å². The zero-order valence-corrected chi connectivity index (χ0v) is 16.5. The molecule has 0 amide bonds. The summed E-state index contributed by atoms with van der Waals surface area (Å²) in [6.07, 6.45) is 1.83. The molecule has 1 saturated heterocycles. The molecule has 1 N–H and O–H groups in total. The van der Waals surface area contributed by atoms with Crippen LogP contribution in [0.3, 0.4) is 0 Å². The lowest BCUT2D eigenvalue weighted by Gasteiger charge is -2.34. The van der Waals surface area contributed by atoms with Gasteiger partial charge in [0.05, 0.1) is 11.6 Å². The lowest BCUT2D eigenvalue weighted by Crippen LogP contribution is -2.46. The summed E-state index contributed by atoms with van der Waals surface area (Å²) in [6, 6.07) is 6.39. The monoisotopic (exact) mass is 365 g/mol. The Hall–Kier alpha value is -2.67. The second-order valence-corrected chi connectivity index (χ2v) is 7.24. The first-order valence-corrected chi connectivity index (χ1v) is 9.56. The van der Waals surface area contributed by atoms with Crippen LogP contribution in [0.15, 0.2) is 24.4 Å². The van der Waals surface area contributed by atoms with Gasteiger partial charge in [-0.25, -0.2) is 0 Å². The molecule has 0 aliphatic carbocycles. The van der Waals surface area contributed by atoms with Crippen molar-refractivity contribution in [3.8, 4) is 0 Å². The Kier molecular flexibility index (Phi) is 4.70. The van der Waals surface area contributed by atoms with Crippen molar-refractivity contribution in [1.82, 2.24) is 24.6 Å². The van der Waals surface area contributed by atoms with E-state index in [2.05, 4.69) is 59.2 Å². The van der Waals surface area contributed by atoms with Gasteiger partial charge in [-0.2, -0.15) is 15.1 Å². The van der Waals surface area contributed by atoms with Gasteiger partial charge in [0.15, 0.2) is 5.65 Å². The second kappa shape index (κ2) is 7.15. The first-order chi connectivity index (χ1) is 13.0. The molecule has 7 heteroatoms. The number of nitrogens with one attached hydrogen (secondary N) is 1. The van der Waals surface area contributed by atoms with E-state index in [-0.39, 0.29) is 0 Å². The highest BCUT2D eigenvalue weighted by molar-refractivity contribution is 5.89. The number of fused-ring (bicyclic) bond motifs is 1. The maximum absolute atomic E-state index is 4.88. The first kappa shape index (κ1) is 17.7. The summed E-state index contributed by atoms with van der Waals surface area (Å²) < 4.78 is 1.82. The maximum Gasteiger partial charge on any atom is 0.229 e. The van der Waals surface area contributed by atoms with Crippen molar-refractivity contribution < 1.29 is 0 Å². The van der Waals surface area contributed by atoms with E-state index in [4.69, 9.17) is 9.97 Å². The number of likely N-dealkylation sites (N-methyl/N-ethyl adjacent to an activating group) is 1. The molecule has 7 nitrogen and oxygen atoms in total. The summed E-state index contributed by atoms with van der Waals surface area (Å²) in [4.78, 5) is 14.4.